The average Bonchev–Trinajstić information content (AvgIpc) is 2.38. The van der Waals surface area contributed by atoms with E-state index in [0.29, 0.717) is 18.2 Å². The molecule has 1 heterocycles. The number of esters is 1. The van der Waals surface area contributed by atoms with Gasteiger partial charge in [-0.15, -0.1) is 0 Å². The summed E-state index contributed by atoms with van der Waals surface area (Å²) in [6, 6.07) is 7.34. The third kappa shape index (κ3) is 3.24. The molecule has 98 valence electrons. The SMILES string of the molecule is CC1(C(=O)OCc2ccc(Cl)cc2)CCCNC1. The minimum atomic E-state index is -0.384. The molecule has 3 nitrogen and oxygen atoms in total. The molecule has 18 heavy (non-hydrogen) atoms. The first-order chi connectivity index (χ1) is 8.60. The van der Waals surface area contributed by atoms with Gasteiger partial charge in [-0.05, 0) is 44.0 Å². The number of hydrogen-bond donors (Lipinski definition) is 1. The molecule has 0 aliphatic carbocycles. The molecule has 1 unspecified atom stereocenters. The Bertz CT molecular complexity index is 410. The molecule has 0 amide bonds. The monoisotopic (exact) mass is 267 g/mol. The summed E-state index contributed by atoms with van der Waals surface area (Å²) in [7, 11) is 0. The Morgan fingerprint density at radius 1 is 1.44 bits per heavy atom. The number of carbonyl (C=O) groups is 1. The Hall–Kier alpha value is -1.06. The van der Waals surface area contributed by atoms with Crippen molar-refractivity contribution in [3.63, 3.8) is 0 Å². The van der Waals surface area contributed by atoms with Gasteiger partial charge in [-0.2, -0.15) is 0 Å². The summed E-state index contributed by atoms with van der Waals surface area (Å²) in [4.78, 5) is 12.1. The van der Waals surface area contributed by atoms with Gasteiger partial charge in [-0.3, -0.25) is 4.79 Å². The highest BCUT2D eigenvalue weighted by Crippen LogP contribution is 2.27. The Labute approximate surface area is 112 Å². The van der Waals surface area contributed by atoms with E-state index < -0.39 is 0 Å². The van der Waals surface area contributed by atoms with E-state index in [1.54, 1.807) is 12.1 Å². The molecular formula is C14H18ClNO2. The molecule has 1 aromatic rings. The van der Waals surface area contributed by atoms with E-state index in [-0.39, 0.29) is 11.4 Å². The fraction of sp³-hybridized carbons (Fsp3) is 0.500. The van der Waals surface area contributed by atoms with E-state index in [1.165, 1.54) is 0 Å². The van der Waals surface area contributed by atoms with Crippen molar-refractivity contribution in [1.82, 2.24) is 5.32 Å². The van der Waals surface area contributed by atoms with Gasteiger partial charge >= 0.3 is 5.97 Å². The van der Waals surface area contributed by atoms with Crippen molar-refractivity contribution >= 4 is 17.6 Å². The molecule has 0 bridgehead atoms. The van der Waals surface area contributed by atoms with Crippen molar-refractivity contribution in [2.45, 2.75) is 26.4 Å². The van der Waals surface area contributed by atoms with Gasteiger partial charge in [0.1, 0.15) is 6.61 Å². The maximum absolute atomic E-state index is 12.1. The first kappa shape index (κ1) is 13.4. The van der Waals surface area contributed by atoms with Gasteiger partial charge in [-0.25, -0.2) is 0 Å². The number of ether oxygens (including phenoxy) is 1. The largest absolute Gasteiger partial charge is 0.460 e. The second-order valence-corrected chi connectivity index (χ2v) is 5.48. The van der Waals surface area contributed by atoms with E-state index in [0.717, 1.165) is 24.9 Å². The maximum atomic E-state index is 12.1. The number of hydrogen-bond acceptors (Lipinski definition) is 3. The Kier molecular flexibility index (Phi) is 4.25. The third-order valence-electron chi connectivity index (χ3n) is 3.37. The standard InChI is InChI=1S/C14H18ClNO2/c1-14(7-2-8-16-10-14)13(17)18-9-11-3-5-12(15)6-4-11/h3-6,16H,2,7-10H2,1H3. The molecule has 1 aliphatic heterocycles. The summed E-state index contributed by atoms with van der Waals surface area (Å²) in [6.45, 7) is 3.96. The van der Waals surface area contributed by atoms with Crippen LogP contribution in [0.25, 0.3) is 0 Å². The first-order valence-electron chi connectivity index (χ1n) is 6.23. The third-order valence-corrected chi connectivity index (χ3v) is 3.63. The minimum absolute atomic E-state index is 0.121. The molecule has 4 heteroatoms. The molecule has 0 radical (unpaired) electrons. The average molecular weight is 268 g/mol. The molecular weight excluding hydrogens is 250 g/mol. The smallest absolute Gasteiger partial charge is 0.313 e. The molecule has 1 fully saturated rings. The lowest BCUT2D eigenvalue weighted by Crippen LogP contribution is -2.44. The van der Waals surface area contributed by atoms with Gasteiger partial charge in [0, 0.05) is 11.6 Å². The summed E-state index contributed by atoms with van der Waals surface area (Å²) in [6.07, 6.45) is 1.91. The predicted molar refractivity (Wildman–Crippen MR) is 71.5 cm³/mol. The second kappa shape index (κ2) is 5.72. The summed E-state index contributed by atoms with van der Waals surface area (Å²) >= 11 is 5.80. The normalized spacial score (nSPS) is 23.7. The van der Waals surface area contributed by atoms with Gasteiger partial charge in [0.2, 0.25) is 0 Å². The van der Waals surface area contributed by atoms with E-state index >= 15 is 0 Å². The zero-order valence-electron chi connectivity index (χ0n) is 10.5. The van der Waals surface area contributed by atoms with E-state index in [4.69, 9.17) is 16.3 Å². The van der Waals surface area contributed by atoms with Gasteiger partial charge in [0.25, 0.3) is 0 Å². The quantitative estimate of drug-likeness (QED) is 0.856. The minimum Gasteiger partial charge on any atom is -0.460 e. The van der Waals surface area contributed by atoms with Crippen LogP contribution in [0.1, 0.15) is 25.3 Å². The molecule has 1 aliphatic rings. The zero-order chi connectivity index (χ0) is 13.0. The van der Waals surface area contributed by atoms with Crippen molar-refractivity contribution in [3.8, 4) is 0 Å². The summed E-state index contributed by atoms with van der Waals surface area (Å²) in [5.74, 6) is -0.121. The van der Waals surface area contributed by atoms with Crippen LogP contribution in [0.2, 0.25) is 5.02 Å². The lowest BCUT2D eigenvalue weighted by Gasteiger charge is -2.31. The molecule has 0 aromatic heterocycles. The van der Waals surface area contributed by atoms with Gasteiger partial charge in [-0.1, -0.05) is 23.7 Å². The van der Waals surface area contributed by atoms with Crippen LogP contribution >= 0.6 is 11.6 Å². The lowest BCUT2D eigenvalue weighted by atomic mass is 9.83. The van der Waals surface area contributed by atoms with Crippen molar-refractivity contribution in [2.75, 3.05) is 13.1 Å². The molecule has 1 aromatic carbocycles. The van der Waals surface area contributed by atoms with Gasteiger partial charge in [0.05, 0.1) is 5.41 Å². The van der Waals surface area contributed by atoms with E-state index in [9.17, 15) is 4.79 Å². The van der Waals surface area contributed by atoms with Crippen LogP contribution in [0.4, 0.5) is 0 Å². The highest BCUT2D eigenvalue weighted by atomic mass is 35.5. The van der Waals surface area contributed by atoms with E-state index in [1.807, 2.05) is 19.1 Å². The number of carbonyl (C=O) groups excluding carboxylic acids is 1. The van der Waals surface area contributed by atoms with Crippen LogP contribution in [-0.4, -0.2) is 19.1 Å². The van der Waals surface area contributed by atoms with Crippen LogP contribution in [0.3, 0.4) is 0 Å². The van der Waals surface area contributed by atoms with Crippen molar-refractivity contribution in [1.29, 1.82) is 0 Å². The molecule has 1 atom stereocenters. The highest BCUT2D eigenvalue weighted by Gasteiger charge is 2.36. The number of halogens is 1. The Balaban J connectivity index is 1.89. The molecule has 1 saturated heterocycles. The highest BCUT2D eigenvalue weighted by molar-refractivity contribution is 6.30. The van der Waals surface area contributed by atoms with Crippen molar-refractivity contribution in [2.24, 2.45) is 5.41 Å². The lowest BCUT2D eigenvalue weighted by molar-refractivity contribution is -0.157. The molecule has 0 spiro atoms. The number of rotatable bonds is 3. The summed E-state index contributed by atoms with van der Waals surface area (Å²) < 4.78 is 5.39. The second-order valence-electron chi connectivity index (χ2n) is 5.04. The Morgan fingerprint density at radius 3 is 2.78 bits per heavy atom. The van der Waals surface area contributed by atoms with Crippen LogP contribution in [-0.2, 0) is 16.1 Å². The molecule has 1 N–H and O–H groups in total. The van der Waals surface area contributed by atoms with Gasteiger partial charge in [0.15, 0.2) is 0 Å². The summed E-state index contributed by atoms with van der Waals surface area (Å²) in [5.41, 5.74) is 0.574. The summed E-state index contributed by atoms with van der Waals surface area (Å²) in [5, 5.41) is 3.93. The zero-order valence-corrected chi connectivity index (χ0v) is 11.3. The maximum Gasteiger partial charge on any atom is 0.313 e. The molecule has 0 saturated carbocycles. The number of piperidine rings is 1. The van der Waals surface area contributed by atoms with Crippen molar-refractivity contribution < 1.29 is 9.53 Å². The number of benzene rings is 1. The fourth-order valence-corrected chi connectivity index (χ4v) is 2.26. The predicted octanol–water partition coefficient (Wildman–Crippen LogP) is 2.77. The van der Waals surface area contributed by atoms with Crippen molar-refractivity contribution in [3.05, 3.63) is 34.9 Å². The topological polar surface area (TPSA) is 38.3 Å². The van der Waals surface area contributed by atoms with Crippen LogP contribution in [0.5, 0.6) is 0 Å². The van der Waals surface area contributed by atoms with Crippen LogP contribution < -0.4 is 5.32 Å². The van der Waals surface area contributed by atoms with Crippen LogP contribution in [0, 0.1) is 5.41 Å². The first-order valence-corrected chi connectivity index (χ1v) is 6.60. The number of nitrogens with one attached hydrogen (secondary N) is 1. The Morgan fingerprint density at radius 2 is 2.17 bits per heavy atom. The fourth-order valence-electron chi connectivity index (χ4n) is 2.13. The van der Waals surface area contributed by atoms with E-state index in [2.05, 4.69) is 5.32 Å². The molecule has 2 rings (SSSR count). The van der Waals surface area contributed by atoms with Gasteiger partial charge < -0.3 is 10.1 Å². The van der Waals surface area contributed by atoms with Crippen LogP contribution in [0.15, 0.2) is 24.3 Å².